The second-order valence-corrected chi connectivity index (χ2v) is 6.84. The highest BCUT2D eigenvalue weighted by Crippen LogP contribution is 2.36. The average molecular weight is 526 g/mol. The first-order valence-electron chi connectivity index (χ1n) is 10.8. The molecule has 0 aliphatic heterocycles. The van der Waals surface area contributed by atoms with Crippen molar-refractivity contribution in [3.63, 3.8) is 0 Å². The molecule has 0 heterocycles. The molecule has 0 radical (unpaired) electrons. The Labute approximate surface area is 213 Å². The van der Waals surface area contributed by atoms with E-state index in [0.29, 0.717) is 11.5 Å². The summed E-state index contributed by atoms with van der Waals surface area (Å²) in [5.74, 6) is -0.420. The van der Waals surface area contributed by atoms with Crippen molar-refractivity contribution < 1.29 is 62.3 Å². The molecular formula is C24H30O13. The Bertz CT molecular complexity index is 974. The van der Waals surface area contributed by atoms with Crippen LogP contribution in [0.3, 0.4) is 0 Å². The van der Waals surface area contributed by atoms with Gasteiger partial charge in [-0.05, 0) is 6.92 Å². The highest BCUT2D eigenvalue weighted by molar-refractivity contribution is 5.94. The van der Waals surface area contributed by atoms with Gasteiger partial charge in [-0.25, -0.2) is 9.59 Å². The molecule has 0 saturated carbocycles. The molecule has 37 heavy (non-hydrogen) atoms. The first kappa shape index (κ1) is 29.3. The summed E-state index contributed by atoms with van der Waals surface area (Å²) < 4.78 is 36.5. The molecule has 0 fully saturated rings. The molecule has 0 atom stereocenters. The van der Waals surface area contributed by atoms with E-state index >= 15 is 0 Å². The largest absolute Gasteiger partial charge is 0.496 e. The molecular weight excluding hydrogens is 496 g/mol. The fourth-order valence-corrected chi connectivity index (χ4v) is 2.95. The van der Waals surface area contributed by atoms with Crippen molar-refractivity contribution in [1.82, 2.24) is 0 Å². The Morgan fingerprint density at radius 3 is 1.27 bits per heavy atom. The van der Waals surface area contributed by atoms with E-state index in [0.717, 1.165) is 0 Å². The molecule has 0 aliphatic carbocycles. The third-order valence-corrected chi connectivity index (χ3v) is 4.77. The number of rotatable bonds is 15. The lowest BCUT2D eigenvalue weighted by atomic mass is 10.1. The molecule has 0 amide bonds. The lowest BCUT2D eigenvalue weighted by Gasteiger charge is -2.17. The van der Waals surface area contributed by atoms with Gasteiger partial charge in [-0.15, -0.1) is 9.78 Å². The van der Waals surface area contributed by atoms with Crippen molar-refractivity contribution in [1.29, 1.82) is 0 Å². The lowest BCUT2D eigenvalue weighted by molar-refractivity contribution is -0.426. The molecule has 0 saturated heterocycles. The van der Waals surface area contributed by atoms with E-state index in [2.05, 4.69) is 0 Å². The normalized spacial score (nSPS) is 10.5. The van der Waals surface area contributed by atoms with Gasteiger partial charge in [0.1, 0.15) is 29.2 Å². The van der Waals surface area contributed by atoms with Gasteiger partial charge in [-0.2, -0.15) is 0 Å². The summed E-state index contributed by atoms with van der Waals surface area (Å²) >= 11 is 0. The molecule has 2 aromatic rings. The Hall–Kier alpha value is -3.94. The van der Waals surface area contributed by atoms with Crippen molar-refractivity contribution in [3.8, 4) is 34.5 Å². The number of hydrogen-bond donors (Lipinski definition) is 0. The highest BCUT2D eigenvalue weighted by Gasteiger charge is 2.25. The van der Waals surface area contributed by atoms with Crippen LogP contribution in [0.4, 0.5) is 0 Å². The maximum absolute atomic E-state index is 12.7. The first-order valence-corrected chi connectivity index (χ1v) is 10.8. The summed E-state index contributed by atoms with van der Waals surface area (Å²) in [7, 11) is 8.41. The number of methoxy groups -OCH3 is 6. The molecule has 13 nitrogen and oxygen atoms in total. The van der Waals surface area contributed by atoms with Crippen LogP contribution >= 0.6 is 0 Å². The molecule has 0 bridgehead atoms. The summed E-state index contributed by atoms with van der Waals surface area (Å²) in [4.78, 5) is 45.2. The summed E-state index contributed by atoms with van der Waals surface area (Å²) in [5.41, 5.74) is -0.0512. The molecule has 2 aromatic carbocycles. The number of ether oxygens (including phenoxy) is 7. The highest BCUT2D eigenvalue weighted by atomic mass is 17.3. The van der Waals surface area contributed by atoms with E-state index < -0.39 is 18.2 Å². The van der Waals surface area contributed by atoms with Gasteiger partial charge in [0.05, 0.1) is 42.7 Å². The standard InChI is InChI=1S/C24H30O13/c1-8-33-13-22(34-36-23(25)14-9-18(29-4)20(31-6)11-16(14)27-2)35-37-24(26)15-10-19(30-5)21(32-7)12-17(15)28-3/h9-12,22H,8,13H2,1-7H3. The zero-order chi connectivity index (χ0) is 27.4. The molecule has 13 heteroatoms. The van der Waals surface area contributed by atoms with Crippen LogP contribution in [0.5, 0.6) is 34.5 Å². The van der Waals surface area contributed by atoms with Gasteiger partial charge < -0.3 is 33.2 Å². The zero-order valence-corrected chi connectivity index (χ0v) is 21.6. The molecule has 204 valence electrons. The van der Waals surface area contributed by atoms with Gasteiger partial charge >= 0.3 is 11.9 Å². The van der Waals surface area contributed by atoms with Gasteiger partial charge in [0, 0.05) is 30.9 Å². The molecule has 0 N–H and O–H groups in total. The van der Waals surface area contributed by atoms with Crippen molar-refractivity contribution >= 4 is 11.9 Å². The predicted molar refractivity (Wildman–Crippen MR) is 125 cm³/mol. The average Bonchev–Trinajstić information content (AvgIpc) is 2.94. The van der Waals surface area contributed by atoms with Gasteiger partial charge in [-0.3, -0.25) is 9.78 Å². The fraction of sp³-hybridized carbons (Fsp3) is 0.417. The lowest BCUT2D eigenvalue weighted by Crippen LogP contribution is -2.27. The van der Waals surface area contributed by atoms with Crippen LogP contribution in [0.2, 0.25) is 0 Å². The van der Waals surface area contributed by atoms with E-state index in [1.807, 2.05) is 0 Å². The Balaban J connectivity index is 2.14. The summed E-state index contributed by atoms with van der Waals surface area (Å²) in [6.45, 7) is 1.75. The van der Waals surface area contributed by atoms with Crippen LogP contribution in [0.15, 0.2) is 24.3 Å². The molecule has 2 rings (SSSR count). The molecule has 0 aromatic heterocycles. The SMILES string of the molecule is CCOCC(OOC(=O)c1cc(OC)c(OC)cc1OC)OOC(=O)c1cc(OC)c(OC)cc1OC. The topological polar surface area (TPSA) is 136 Å². The zero-order valence-electron chi connectivity index (χ0n) is 21.6. The quantitative estimate of drug-likeness (QED) is 0.191. The van der Waals surface area contributed by atoms with E-state index in [9.17, 15) is 9.59 Å². The monoisotopic (exact) mass is 526 g/mol. The van der Waals surface area contributed by atoms with Crippen molar-refractivity contribution in [2.75, 3.05) is 55.9 Å². The maximum atomic E-state index is 12.7. The summed E-state index contributed by atoms with van der Waals surface area (Å²) in [5, 5.41) is 0. The van der Waals surface area contributed by atoms with E-state index in [4.69, 9.17) is 52.7 Å². The van der Waals surface area contributed by atoms with E-state index in [1.54, 1.807) is 6.92 Å². The fourth-order valence-electron chi connectivity index (χ4n) is 2.95. The predicted octanol–water partition coefficient (Wildman–Crippen LogP) is 2.98. The Morgan fingerprint density at radius 1 is 0.595 bits per heavy atom. The van der Waals surface area contributed by atoms with E-state index in [1.165, 1.54) is 66.9 Å². The van der Waals surface area contributed by atoms with Crippen LogP contribution in [0.25, 0.3) is 0 Å². The van der Waals surface area contributed by atoms with E-state index in [-0.39, 0.29) is 47.3 Å². The van der Waals surface area contributed by atoms with Crippen LogP contribution in [0.1, 0.15) is 27.6 Å². The maximum Gasteiger partial charge on any atom is 0.377 e. The minimum Gasteiger partial charge on any atom is -0.496 e. The van der Waals surface area contributed by atoms with Crippen molar-refractivity contribution in [2.24, 2.45) is 0 Å². The number of benzene rings is 2. The third kappa shape index (κ3) is 7.52. The second kappa shape index (κ2) is 14.6. The first-order chi connectivity index (χ1) is 17.9. The van der Waals surface area contributed by atoms with Crippen LogP contribution < -0.4 is 28.4 Å². The second-order valence-electron chi connectivity index (χ2n) is 6.84. The number of carbonyl (C=O) groups excluding carboxylic acids is 2. The molecule has 0 aliphatic rings. The minimum atomic E-state index is -1.44. The minimum absolute atomic E-state index is 0.0256. The summed E-state index contributed by atoms with van der Waals surface area (Å²) in [6.07, 6.45) is -1.44. The van der Waals surface area contributed by atoms with Crippen molar-refractivity contribution in [3.05, 3.63) is 35.4 Å². The van der Waals surface area contributed by atoms with Crippen LogP contribution in [0, 0.1) is 0 Å². The number of carbonyl (C=O) groups is 2. The third-order valence-electron chi connectivity index (χ3n) is 4.77. The van der Waals surface area contributed by atoms with Gasteiger partial charge in [-0.1, -0.05) is 0 Å². The molecule has 0 unspecified atom stereocenters. The van der Waals surface area contributed by atoms with Gasteiger partial charge in [0.15, 0.2) is 23.0 Å². The van der Waals surface area contributed by atoms with Crippen LogP contribution in [-0.2, 0) is 24.3 Å². The van der Waals surface area contributed by atoms with Crippen LogP contribution in [-0.4, -0.2) is 74.1 Å². The Morgan fingerprint density at radius 2 is 0.946 bits per heavy atom. The smallest absolute Gasteiger partial charge is 0.377 e. The Kier molecular flexibility index (Phi) is 11.5. The molecule has 0 spiro atoms. The van der Waals surface area contributed by atoms with Crippen molar-refractivity contribution in [2.45, 2.75) is 13.2 Å². The number of hydrogen-bond acceptors (Lipinski definition) is 13. The van der Waals surface area contributed by atoms with Gasteiger partial charge in [0.2, 0.25) is 0 Å². The summed E-state index contributed by atoms with van der Waals surface area (Å²) in [6, 6.07) is 5.60. The van der Waals surface area contributed by atoms with Gasteiger partial charge in [0.25, 0.3) is 6.29 Å².